The fourth-order valence-electron chi connectivity index (χ4n) is 3.26. The predicted molar refractivity (Wildman–Crippen MR) is 101 cm³/mol. The number of anilines is 1. The van der Waals surface area contributed by atoms with Crippen LogP contribution in [0.5, 0.6) is 0 Å². The van der Waals surface area contributed by atoms with Crippen molar-refractivity contribution in [2.45, 2.75) is 33.6 Å². The van der Waals surface area contributed by atoms with Crippen molar-refractivity contribution in [3.05, 3.63) is 51.9 Å². The minimum atomic E-state index is -0.497. The molecule has 1 fully saturated rings. The molecule has 6 heteroatoms. The summed E-state index contributed by atoms with van der Waals surface area (Å²) in [5.41, 5.74) is 2.11. The summed E-state index contributed by atoms with van der Waals surface area (Å²) in [6.45, 7) is 7.77. The van der Waals surface area contributed by atoms with Crippen LogP contribution < -0.4 is 10.5 Å². The maximum absolute atomic E-state index is 12.8. The zero-order valence-corrected chi connectivity index (χ0v) is 15.6. The molecule has 3 rings (SSSR count). The van der Waals surface area contributed by atoms with Crippen molar-refractivity contribution < 1.29 is 9.53 Å². The third-order valence-electron chi connectivity index (χ3n) is 4.85. The smallest absolute Gasteiger partial charge is 0.360 e. The van der Waals surface area contributed by atoms with E-state index in [4.69, 9.17) is 4.74 Å². The Morgan fingerprint density at radius 2 is 1.92 bits per heavy atom. The molecule has 26 heavy (non-hydrogen) atoms. The lowest BCUT2D eigenvalue weighted by molar-refractivity contribution is 0.0518. The minimum absolute atomic E-state index is 0.198. The Morgan fingerprint density at radius 3 is 2.58 bits per heavy atom. The molecule has 6 nitrogen and oxygen atoms in total. The summed E-state index contributed by atoms with van der Waals surface area (Å²) in [5.74, 6) is 0.154. The fourth-order valence-corrected chi connectivity index (χ4v) is 3.26. The summed E-state index contributed by atoms with van der Waals surface area (Å²) >= 11 is 0. The lowest BCUT2D eigenvalue weighted by Crippen LogP contribution is -2.36. The SMILES string of the molecule is CCOC(=O)c1nn(-c2ccccc2C)c(=O)cc1N1CCC(C)CC1. The molecule has 0 radical (unpaired) electrons. The van der Waals surface area contributed by atoms with Crippen molar-refractivity contribution in [3.63, 3.8) is 0 Å². The number of aryl methyl sites for hydroxylation is 1. The summed E-state index contributed by atoms with van der Waals surface area (Å²) in [6.07, 6.45) is 2.06. The molecule has 1 aromatic heterocycles. The van der Waals surface area contributed by atoms with E-state index in [-0.39, 0.29) is 17.9 Å². The standard InChI is InChI=1S/C20H25N3O3/c1-4-26-20(25)19-17(22-11-9-14(2)10-12-22)13-18(24)23(21-19)16-8-6-5-7-15(16)3/h5-8,13-14H,4,9-12H2,1-3H3. The van der Waals surface area contributed by atoms with Gasteiger partial charge in [0.05, 0.1) is 18.0 Å². The molecule has 0 atom stereocenters. The number of nitrogens with zero attached hydrogens (tertiary/aromatic N) is 3. The van der Waals surface area contributed by atoms with Crippen molar-refractivity contribution in [1.82, 2.24) is 9.78 Å². The number of aromatic nitrogens is 2. The lowest BCUT2D eigenvalue weighted by Gasteiger charge is -2.32. The van der Waals surface area contributed by atoms with E-state index in [1.165, 1.54) is 10.7 Å². The number of benzene rings is 1. The van der Waals surface area contributed by atoms with Gasteiger partial charge in [0.15, 0.2) is 5.69 Å². The number of para-hydroxylation sites is 1. The predicted octanol–water partition coefficient (Wildman–Crippen LogP) is 2.95. The third kappa shape index (κ3) is 3.64. The van der Waals surface area contributed by atoms with Gasteiger partial charge in [0.25, 0.3) is 5.56 Å². The topological polar surface area (TPSA) is 64.4 Å². The molecule has 138 valence electrons. The van der Waals surface area contributed by atoms with Gasteiger partial charge in [0.2, 0.25) is 0 Å². The highest BCUT2D eigenvalue weighted by atomic mass is 16.5. The van der Waals surface area contributed by atoms with Crippen LogP contribution in [0.25, 0.3) is 5.69 Å². The van der Waals surface area contributed by atoms with Crippen LogP contribution in [0.4, 0.5) is 5.69 Å². The summed E-state index contributed by atoms with van der Waals surface area (Å²) in [6, 6.07) is 9.00. The van der Waals surface area contributed by atoms with E-state index < -0.39 is 5.97 Å². The number of esters is 1. The van der Waals surface area contributed by atoms with E-state index in [1.54, 1.807) is 6.92 Å². The molecule has 2 aromatic rings. The number of hydrogen-bond acceptors (Lipinski definition) is 5. The number of ether oxygens (including phenoxy) is 1. The van der Waals surface area contributed by atoms with E-state index in [9.17, 15) is 9.59 Å². The van der Waals surface area contributed by atoms with E-state index in [1.807, 2.05) is 31.2 Å². The van der Waals surface area contributed by atoms with Gasteiger partial charge in [0.1, 0.15) is 0 Å². The summed E-state index contributed by atoms with van der Waals surface area (Å²) in [4.78, 5) is 27.4. The van der Waals surface area contributed by atoms with Crippen LogP contribution in [0.2, 0.25) is 0 Å². The average Bonchev–Trinajstić information content (AvgIpc) is 2.63. The molecule has 0 aliphatic carbocycles. The van der Waals surface area contributed by atoms with Crippen LogP contribution in [-0.4, -0.2) is 35.4 Å². The first-order valence-electron chi connectivity index (χ1n) is 9.13. The summed E-state index contributed by atoms with van der Waals surface area (Å²) in [7, 11) is 0. The molecular formula is C20H25N3O3. The maximum Gasteiger partial charge on any atom is 0.360 e. The molecule has 0 bridgehead atoms. The quantitative estimate of drug-likeness (QED) is 0.789. The van der Waals surface area contributed by atoms with Crippen molar-refractivity contribution in [1.29, 1.82) is 0 Å². The molecule has 1 aromatic carbocycles. The monoisotopic (exact) mass is 355 g/mol. The van der Waals surface area contributed by atoms with Crippen molar-refractivity contribution >= 4 is 11.7 Å². The van der Waals surface area contributed by atoms with Gasteiger partial charge in [-0.1, -0.05) is 25.1 Å². The second kappa shape index (κ2) is 7.72. The van der Waals surface area contributed by atoms with E-state index in [0.29, 0.717) is 17.3 Å². The van der Waals surface area contributed by atoms with Crippen LogP contribution >= 0.6 is 0 Å². The first kappa shape index (κ1) is 18.2. The first-order chi connectivity index (χ1) is 12.5. The van der Waals surface area contributed by atoms with Crippen LogP contribution in [0.15, 0.2) is 35.1 Å². The largest absolute Gasteiger partial charge is 0.461 e. The minimum Gasteiger partial charge on any atom is -0.461 e. The normalized spacial score (nSPS) is 15.1. The lowest BCUT2D eigenvalue weighted by atomic mass is 9.98. The molecule has 0 unspecified atom stereocenters. The van der Waals surface area contributed by atoms with Crippen molar-refractivity contribution in [2.24, 2.45) is 5.92 Å². The van der Waals surface area contributed by atoms with Gasteiger partial charge in [0, 0.05) is 19.2 Å². The highest BCUT2D eigenvalue weighted by Crippen LogP contribution is 2.25. The van der Waals surface area contributed by atoms with E-state index >= 15 is 0 Å². The van der Waals surface area contributed by atoms with E-state index in [0.717, 1.165) is 31.5 Å². The van der Waals surface area contributed by atoms with Gasteiger partial charge in [-0.05, 0) is 44.2 Å². The number of rotatable bonds is 4. The Morgan fingerprint density at radius 1 is 1.23 bits per heavy atom. The first-order valence-corrected chi connectivity index (χ1v) is 9.13. The molecule has 0 amide bonds. The second-order valence-corrected chi connectivity index (χ2v) is 6.80. The summed E-state index contributed by atoms with van der Waals surface area (Å²) in [5, 5.41) is 4.40. The number of carbonyl (C=O) groups excluding carboxylic acids is 1. The molecule has 1 aliphatic rings. The van der Waals surface area contributed by atoms with Crippen molar-refractivity contribution in [3.8, 4) is 5.69 Å². The molecule has 2 heterocycles. The molecule has 0 N–H and O–H groups in total. The molecular weight excluding hydrogens is 330 g/mol. The van der Waals surface area contributed by atoms with Gasteiger partial charge in [-0.15, -0.1) is 0 Å². The second-order valence-electron chi connectivity index (χ2n) is 6.80. The van der Waals surface area contributed by atoms with Crippen molar-refractivity contribution in [2.75, 3.05) is 24.6 Å². The van der Waals surface area contributed by atoms with Crippen LogP contribution in [-0.2, 0) is 4.74 Å². The fraction of sp³-hybridized carbons (Fsp3) is 0.450. The maximum atomic E-state index is 12.8. The zero-order chi connectivity index (χ0) is 18.7. The Hall–Kier alpha value is -2.63. The van der Waals surface area contributed by atoms with Crippen LogP contribution in [0, 0.1) is 12.8 Å². The number of piperidine rings is 1. The van der Waals surface area contributed by atoms with Crippen LogP contribution in [0.3, 0.4) is 0 Å². The zero-order valence-electron chi connectivity index (χ0n) is 15.6. The van der Waals surface area contributed by atoms with Crippen LogP contribution in [0.1, 0.15) is 42.7 Å². The Balaban J connectivity index is 2.10. The highest BCUT2D eigenvalue weighted by Gasteiger charge is 2.25. The van der Waals surface area contributed by atoms with E-state index in [2.05, 4.69) is 16.9 Å². The Labute approximate surface area is 153 Å². The molecule has 0 saturated carbocycles. The van der Waals surface area contributed by atoms with Gasteiger partial charge in [-0.3, -0.25) is 4.79 Å². The van der Waals surface area contributed by atoms with Gasteiger partial charge in [-0.25, -0.2) is 4.79 Å². The number of carbonyl (C=O) groups is 1. The molecule has 1 aliphatic heterocycles. The third-order valence-corrected chi connectivity index (χ3v) is 4.85. The van der Waals surface area contributed by atoms with Gasteiger partial charge < -0.3 is 9.64 Å². The molecule has 1 saturated heterocycles. The number of hydrogen-bond donors (Lipinski definition) is 0. The Bertz CT molecular complexity index is 852. The molecule has 0 spiro atoms. The average molecular weight is 355 g/mol. The Kier molecular flexibility index (Phi) is 5.40. The summed E-state index contributed by atoms with van der Waals surface area (Å²) < 4.78 is 6.49. The van der Waals surface area contributed by atoms with Gasteiger partial charge >= 0.3 is 5.97 Å². The van der Waals surface area contributed by atoms with Gasteiger partial charge in [-0.2, -0.15) is 9.78 Å². The highest BCUT2D eigenvalue weighted by molar-refractivity contribution is 5.93.